The Labute approximate surface area is 381 Å². The Kier molecular flexibility index (Phi) is 9.21. The quantitative estimate of drug-likeness (QED) is 0.148. The summed E-state index contributed by atoms with van der Waals surface area (Å²) in [7, 11) is 0. The molecule has 0 unspecified atom stereocenters. The number of para-hydroxylation sites is 2. The van der Waals surface area contributed by atoms with Gasteiger partial charge in [0.05, 0.1) is 16.7 Å². The molecule has 0 saturated carbocycles. The Morgan fingerprint density at radius 3 is 1.52 bits per heavy atom. The van der Waals surface area contributed by atoms with Crippen LogP contribution in [0.5, 0.6) is 0 Å². The Bertz CT molecular complexity index is 3490. The largest absolute Gasteiger partial charge is 0.310 e. The summed E-state index contributed by atoms with van der Waals surface area (Å²) in [6.07, 6.45) is 0. The van der Waals surface area contributed by atoms with Crippen molar-refractivity contribution in [1.82, 2.24) is 4.57 Å². The van der Waals surface area contributed by atoms with Crippen LogP contribution in [0.4, 0.5) is 17.1 Å². The first kappa shape index (κ1) is 38.5. The molecule has 1 aliphatic carbocycles. The van der Waals surface area contributed by atoms with Crippen LogP contribution in [-0.4, -0.2) is 4.57 Å². The molecule has 1 heterocycles. The third-order valence-corrected chi connectivity index (χ3v) is 13.6. The maximum absolute atomic E-state index is 2.46. The van der Waals surface area contributed by atoms with Crippen LogP contribution in [0.15, 0.2) is 243 Å². The van der Waals surface area contributed by atoms with Gasteiger partial charge in [0.25, 0.3) is 0 Å². The fourth-order valence-electron chi connectivity index (χ4n) is 10.4. The fourth-order valence-corrected chi connectivity index (χ4v) is 10.4. The molecule has 0 bridgehead atoms. The number of aromatic nitrogens is 1. The lowest BCUT2D eigenvalue weighted by Gasteiger charge is -2.30. The minimum absolute atomic E-state index is 0.133. The summed E-state index contributed by atoms with van der Waals surface area (Å²) in [5.74, 6) is 0. The number of anilines is 3. The van der Waals surface area contributed by atoms with Crippen molar-refractivity contribution in [2.24, 2.45) is 0 Å². The summed E-state index contributed by atoms with van der Waals surface area (Å²) in [6, 6.07) is 88.9. The maximum atomic E-state index is 2.46. The van der Waals surface area contributed by atoms with E-state index in [9.17, 15) is 0 Å². The first-order valence-corrected chi connectivity index (χ1v) is 22.6. The summed E-state index contributed by atoms with van der Waals surface area (Å²) in [6.45, 7) is 4.72. The van der Waals surface area contributed by atoms with Crippen LogP contribution in [0.1, 0.15) is 25.0 Å². The zero-order chi connectivity index (χ0) is 43.5. The molecule has 308 valence electrons. The van der Waals surface area contributed by atoms with E-state index in [1.165, 1.54) is 88.6 Å². The van der Waals surface area contributed by atoms with Gasteiger partial charge in [-0.2, -0.15) is 0 Å². The van der Waals surface area contributed by atoms with Crippen molar-refractivity contribution >= 4 is 38.9 Å². The summed E-state index contributed by atoms with van der Waals surface area (Å²) in [5, 5.41) is 2.44. The van der Waals surface area contributed by atoms with Gasteiger partial charge in [-0.1, -0.05) is 190 Å². The normalized spacial score (nSPS) is 12.6. The number of nitrogens with zero attached hydrogens (tertiary/aromatic N) is 2. The third kappa shape index (κ3) is 6.57. The molecule has 10 aromatic carbocycles. The molecule has 11 aromatic rings. The van der Waals surface area contributed by atoms with Crippen LogP contribution in [0.2, 0.25) is 0 Å². The van der Waals surface area contributed by atoms with Crippen molar-refractivity contribution in [2.75, 3.05) is 4.90 Å². The molecular weight excluding hydrogens is 785 g/mol. The summed E-state index contributed by atoms with van der Waals surface area (Å²) in [5.41, 5.74) is 21.6. The molecule has 0 atom stereocenters. The number of benzene rings is 10. The van der Waals surface area contributed by atoms with Gasteiger partial charge in [-0.3, -0.25) is 0 Å². The smallest absolute Gasteiger partial charge is 0.0541 e. The van der Waals surface area contributed by atoms with Gasteiger partial charge in [0.15, 0.2) is 0 Å². The highest BCUT2D eigenvalue weighted by molar-refractivity contribution is 6.11. The van der Waals surface area contributed by atoms with Crippen molar-refractivity contribution in [2.45, 2.75) is 19.3 Å². The average Bonchev–Trinajstić information content (AvgIpc) is 3.82. The zero-order valence-corrected chi connectivity index (χ0v) is 36.5. The lowest BCUT2D eigenvalue weighted by Crippen LogP contribution is -2.16. The molecule has 2 nitrogen and oxygen atoms in total. The minimum Gasteiger partial charge on any atom is -0.310 e. The van der Waals surface area contributed by atoms with Gasteiger partial charge in [0.2, 0.25) is 0 Å². The highest BCUT2D eigenvalue weighted by atomic mass is 15.1. The molecule has 0 fully saturated rings. The Hall–Kier alpha value is -8.20. The van der Waals surface area contributed by atoms with Gasteiger partial charge < -0.3 is 9.47 Å². The van der Waals surface area contributed by atoms with Crippen LogP contribution < -0.4 is 4.90 Å². The summed E-state index contributed by atoms with van der Waals surface area (Å²) >= 11 is 0. The van der Waals surface area contributed by atoms with Crippen LogP contribution in [0.3, 0.4) is 0 Å². The maximum Gasteiger partial charge on any atom is 0.0541 e. The highest BCUT2D eigenvalue weighted by Gasteiger charge is 2.36. The summed E-state index contributed by atoms with van der Waals surface area (Å²) < 4.78 is 2.45. The van der Waals surface area contributed by atoms with Crippen LogP contribution in [-0.2, 0) is 5.41 Å². The SMILES string of the molecule is CC1(C)c2ccccc2-c2ccc(N(c3ccc(-c4ccccc4)cc3)c3ccccc3-c3ccc4c(c3)c3ccccc3n4-c3cc(-c4ccccc4)cc(-c4ccccc4)c3)cc21. The molecule has 2 heteroatoms. The van der Waals surface area contributed by atoms with E-state index in [-0.39, 0.29) is 5.41 Å². The van der Waals surface area contributed by atoms with E-state index in [4.69, 9.17) is 0 Å². The number of fused-ring (bicyclic) bond motifs is 6. The standard InChI is InChI=1S/C63H46N2/c1-63(2)58-27-15-12-25-54(58)55-36-35-51(42-59(55)63)64(50-33-30-46(31-34-50)43-18-6-3-7-19-43)60-28-16-13-24-53(60)47-32-37-62-57(41-47)56-26-14-17-29-61(56)65(62)52-39-48(44-20-8-4-9-21-44)38-49(40-52)45-22-10-5-11-23-45/h3-42H,1-2H3. The topological polar surface area (TPSA) is 8.17 Å². The lowest BCUT2D eigenvalue weighted by molar-refractivity contribution is 0.660. The second-order valence-corrected chi connectivity index (χ2v) is 17.8. The molecule has 0 amide bonds. The molecule has 0 aliphatic heterocycles. The minimum atomic E-state index is -0.133. The van der Waals surface area contributed by atoms with E-state index in [1.54, 1.807) is 0 Å². The van der Waals surface area contributed by atoms with Gasteiger partial charge in [-0.15, -0.1) is 0 Å². The molecule has 12 rings (SSSR count). The van der Waals surface area contributed by atoms with E-state index in [0.29, 0.717) is 0 Å². The lowest BCUT2D eigenvalue weighted by atomic mass is 9.82. The van der Waals surface area contributed by atoms with Crippen LogP contribution in [0.25, 0.3) is 83.1 Å². The van der Waals surface area contributed by atoms with Gasteiger partial charge in [-0.05, 0) is 128 Å². The van der Waals surface area contributed by atoms with Crippen molar-refractivity contribution < 1.29 is 0 Å². The number of hydrogen-bond acceptors (Lipinski definition) is 1. The van der Waals surface area contributed by atoms with Crippen molar-refractivity contribution in [3.63, 3.8) is 0 Å². The van der Waals surface area contributed by atoms with Crippen molar-refractivity contribution in [3.8, 4) is 61.3 Å². The first-order valence-electron chi connectivity index (χ1n) is 22.6. The Morgan fingerprint density at radius 2 is 0.831 bits per heavy atom. The van der Waals surface area contributed by atoms with E-state index in [2.05, 4.69) is 266 Å². The third-order valence-electron chi connectivity index (χ3n) is 13.6. The zero-order valence-electron chi connectivity index (χ0n) is 36.5. The molecular formula is C63H46N2. The second kappa shape index (κ2) is 15.6. The van der Waals surface area contributed by atoms with Gasteiger partial charge in [0.1, 0.15) is 0 Å². The molecule has 1 aliphatic rings. The van der Waals surface area contributed by atoms with Crippen molar-refractivity contribution in [1.29, 1.82) is 0 Å². The van der Waals surface area contributed by atoms with Crippen LogP contribution in [0, 0.1) is 0 Å². The van der Waals surface area contributed by atoms with E-state index in [1.807, 2.05) is 0 Å². The monoisotopic (exact) mass is 830 g/mol. The van der Waals surface area contributed by atoms with E-state index < -0.39 is 0 Å². The van der Waals surface area contributed by atoms with E-state index in [0.717, 1.165) is 22.7 Å². The summed E-state index contributed by atoms with van der Waals surface area (Å²) in [4.78, 5) is 2.46. The fraction of sp³-hybridized carbons (Fsp3) is 0.0476. The Morgan fingerprint density at radius 1 is 0.323 bits per heavy atom. The molecule has 0 N–H and O–H groups in total. The van der Waals surface area contributed by atoms with Gasteiger partial charge >= 0.3 is 0 Å². The van der Waals surface area contributed by atoms with E-state index >= 15 is 0 Å². The number of hydrogen-bond donors (Lipinski definition) is 0. The molecule has 65 heavy (non-hydrogen) atoms. The molecule has 0 saturated heterocycles. The first-order chi connectivity index (χ1) is 32.0. The van der Waals surface area contributed by atoms with Gasteiger partial charge in [-0.25, -0.2) is 0 Å². The predicted molar refractivity (Wildman–Crippen MR) is 275 cm³/mol. The Balaban J connectivity index is 1.03. The second-order valence-electron chi connectivity index (χ2n) is 17.8. The molecule has 0 spiro atoms. The average molecular weight is 831 g/mol. The highest BCUT2D eigenvalue weighted by Crippen LogP contribution is 2.51. The number of rotatable bonds is 8. The van der Waals surface area contributed by atoms with Crippen molar-refractivity contribution in [3.05, 3.63) is 254 Å². The van der Waals surface area contributed by atoms with Gasteiger partial charge in [0, 0.05) is 38.8 Å². The molecule has 1 aromatic heterocycles. The predicted octanol–water partition coefficient (Wildman–Crippen LogP) is 17.2. The van der Waals surface area contributed by atoms with Crippen LogP contribution >= 0.6 is 0 Å². The molecule has 0 radical (unpaired) electrons.